The van der Waals surface area contributed by atoms with Crippen molar-refractivity contribution in [2.45, 2.75) is 33.1 Å². The van der Waals surface area contributed by atoms with Crippen LogP contribution in [-0.4, -0.2) is 42.0 Å². The fourth-order valence-corrected chi connectivity index (χ4v) is 2.91. The minimum absolute atomic E-state index is 0.825. The Labute approximate surface area is 113 Å². The van der Waals surface area contributed by atoms with Crippen LogP contribution in [0.5, 0.6) is 0 Å². The summed E-state index contributed by atoms with van der Waals surface area (Å²) in [5, 5.41) is 4.56. The summed E-state index contributed by atoms with van der Waals surface area (Å²) in [5.74, 6) is 1.07. The number of hydrogen-bond acceptors (Lipinski definition) is 3. The van der Waals surface area contributed by atoms with E-state index in [1.807, 2.05) is 6.20 Å². The molecule has 1 fully saturated rings. The van der Waals surface area contributed by atoms with Gasteiger partial charge in [-0.2, -0.15) is 0 Å². The predicted octanol–water partition coefficient (Wildman–Crippen LogP) is 2.06. The van der Waals surface area contributed by atoms with Crippen molar-refractivity contribution in [2.24, 2.45) is 4.99 Å². The Morgan fingerprint density at radius 1 is 1.50 bits per heavy atom. The number of aromatic nitrogens is 1. The molecule has 0 spiro atoms. The average Bonchev–Trinajstić information content (AvgIpc) is 2.99. The number of hydrogen-bond donors (Lipinski definition) is 1. The Morgan fingerprint density at radius 2 is 2.28 bits per heavy atom. The fourth-order valence-electron chi connectivity index (χ4n) is 2.13. The van der Waals surface area contributed by atoms with Gasteiger partial charge in [-0.15, -0.1) is 11.3 Å². The maximum atomic E-state index is 4.70. The van der Waals surface area contributed by atoms with Gasteiger partial charge in [0.25, 0.3) is 0 Å². The summed E-state index contributed by atoms with van der Waals surface area (Å²) < 4.78 is 0. The molecule has 4 nitrogen and oxygen atoms in total. The van der Waals surface area contributed by atoms with Crippen molar-refractivity contribution in [3.05, 3.63) is 16.1 Å². The summed E-state index contributed by atoms with van der Waals surface area (Å²) in [4.78, 5) is 12.7. The molecule has 0 bridgehead atoms. The van der Waals surface area contributed by atoms with Crippen LogP contribution in [-0.2, 0) is 6.42 Å². The van der Waals surface area contributed by atoms with Crippen LogP contribution in [0.3, 0.4) is 0 Å². The highest BCUT2D eigenvalue weighted by atomic mass is 32.1. The molecule has 0 aromatic carbocycles. The number of likely N-dealkylation sites (tertiary alicyclic amines) is 1. The number of thiazole rings is 1. The second-order valence-electron chi connectivity index (χ2n) is 4.54. The largest absolute Gasteiger partial charge is 0.357 e. The highest BCUT2D eigenvalue weighted by Gasteiger charge is 2.15. The zero-order valence-electron chi connectivity index (χ0n) is 11.3. The molecule has 0 aliphatic carbocycles. The first kappa shape index (κ1) is 13.3. The van der Waals surface area contributed by atoms with Gasteiger partial charge in [-0.25, -0.2) is 4.98 Å². The molecule has 2 heterocycles. The van der Waals surface area contributed by atoms with Crippen LogP contribution in [0.25, 0.3) is 0 Å². The van der Waals surface area contributed by atoms with E-state index < -0.39 is 0 Å². The maximum Gasteiger partial charge on any atom is 0.193 e. The van der Waals surface area contributed by atoms with Gasteiger partial charge in [0.2, 0.25) is 0 Å². The molecule has 0 amide bonds. The van der Waals surface area contributed by atoms with Gasteiger partial charge in [-0.1, -0.05) is 0 Å². The van der Waals surface area contributed by atoms with Gasteiger partial charge in [0, 0.05) is 43.7 Å². The number of nitrogens with one attached hydrogen (secondary N) is 1. The van der Waals surface area contributed by atoms with Gasteiger partial charge < -0.3 is 10.2 Å². The SMILES string of the molecule is CCNC(=NCCc1ncc(C)s1)N1CCCC1. The standard InChI is InChI=1S/C13H22N4S/c1-3-14-13(17-8-4-5-9-17)15-7-6-12-16-10-11(2)18-12/h10H,3-9H2,1-2H3,(H,14,15). The minimum atomic E-state index is 0.825. The first-order valence-electron chi connectivity index (χ1n) is 6.74. The van der Waals surface area contributed by atoms with Crippen molar-refractivity contribution in [3.63, 3.8) is 0 Å². The summed E-state index contributed by atoms with van der Waals surface area (Å²) in [6.07, 6.45) is 5.46. The van der Waals surface area contributed by atoms with E-state index in [0.717, 1.165) is 38.6 Å². The van der Waals surface area contributed by atoms with Gasteiger partial charge in [0.1, 0.15) is 0 Å². The highest BCUT2D eigenvalue weighted by Crippen LogP contribution is 2.12. The molecule has 1 aromatic rings. The smallest absolute Gasteiger partial charge is 0.193 e. The predicted molar refractivity (Wildman–Crippen MR) is 77.3 cm³/mol. The molecule has 1 aliphatic rings. The number of aliphatic imine (C=N–C) groups is 1. The minimum Gasteiger partial charge on any atom is -0.357 e. The van der Waals surface area contributed by atoms with Gasteiger partial charge in [0.15, 0.2) is 5.96 Å². The fraction of sp³-hybridized carbons (Fsp3) is 0.692. The Bertz CT molecular complexity index is 393. The summed E-state index contributed by atoms with van der Waals surface area (Å²) in [5.41, 5.74) is 0. The quantitative estimate of drug-likeness (QED) is 0.670. The molecule has 5 heteroatoms. The van der Waals surface area contributed by atoms with Crippen molar-refractivity contribution >= 4 is 17.3 Å². The third kappa shape index (κ3) is 3.70. The van der Waals surface area contributed by atoms with Gasteiger partial charge in [-0.3, -0.25) is 4.99 Å². The summed E-state index contributed by atoms with van der Waals surface area (Å²) in [6, 6.07) is 0. The normalized spacial score (nSPS) is 16.3. The van der Waals surface area contributed by atoms with Crippen LogP contribution in [0.2, 0.25) is 0 Å². The molecule has 2 rings (SSSR count). The molecule has 18 heavy (non-hydrogen) atoms. The van der Waals surface area contributed by atoms with E-state index >= 15 is 0 Å². The van der Waals surface area contributed by atoms with Crippen molar-refractivity contribution in [1.82, 2.24) is 15.2 Å². The average molecular weight is 266 g/mol. The number of aryl methyl sites for hydroxylation is 1. The Balaban J connectivity index is 1.87. The zero-order chi connectivity index (χ0) is 12.8. The molecule has 1 aromatic heterocycles. The lowest BCUT2D eigenvalue weighted by atomic mass is 10.4. The van der Waals surface area contributed by atoms with Crippen LogP contribution in [0.1, 0.15) is 29.7 Å². The molecule has 0 unspecified atom stereocenters. The first-order chi connectivity index (χ1) is 8.79. The lowest BCUT2D eigenvalue weighted by molar-refractivity contribution is 0.494. The molecule has 0 atom stereocenters. The van der Waals surface area contributed by atoms with Gasteiger partial charge >= 0.3 is 0 Å². The third-order valence-corrected chi connectivity index (χ3v) is 3.97. The van der Waals surface area contributed by atoms with Crippen molar-refractivity contribution in [1.29, 1.82) is 0 Å². The van der Waals surface area contributed by atoms with Crippen LogP contribution < -0.4 is 5.32 Å². The molecule has 1 saturated heterocycles. The second-order valence-corrected chi connectivity index (χ2v) is 5.86. The molecular weight excluding hydrogens is 244 g/mol. The van der Waals surface area contributed by atoms with Crippen molar-refractivity contribution < 1.29 is 0 Å². The summed E-state index contributed by atoms with van der Waals surface area (Å²) in [6.45, 7) is 8.26. The zero-order valence-corrected chi connectivity index (χ0v) is 12.1. The number of nitrogens with zero attached hydrogens (tertiary/aromatic N) is 3. The lowest BCUT2D eigenvalue weighted by Gasteiger charge is -2.20. The number of guanidine groups is 1. The molecule has 1 aliphatic heterocycles. The van der Waals surface area contributed by atoms with E-state index in [-0.39, 0.29) is 0 Å². The van der Waals surface area contributed by atoms with E-state index in [1.54, 1.807) is 11.3 Å². The van der Waals surface area contributed by atoms with E-state index in [9.17, 15) is 0 Å². The number of rotatable bonds is 4. The van der Waals surface area contributed by atoms with Crippen LogP contribution in [0, 0.1) is 6.92 Å². The van der Waals surface area contributed by atoms with Crippen LogP contribution in [0.4, 0.5) is 0 Å². The van der Waals surface area contributed by atoms with Gasteiger partial charge in [0.05, 0.1) is 5.01 Å². The summed E-state index contributed by atoms with van der Waals surface area (Å²) in [7, 11) is 0. The van der Waals surface area contributed by atoms with Crippen LogP contribution >= 0.6 is 11.3 Å². The molecule has 0 saturated carbocycles. The van der Waals surface area contributed by atoms with Crippen molar-refractivity contribution in [3.8, 4) is 0 Å². The third-order valence-electron chi connectivity index (χ3n) is 3.00. The summed E-state index contributed by atoms with van der Waals surface area (Å²) >= 11 is 1.77. The molecule has 100 valence electrons. The highest BCUT2D eigenvalue weighted by molar-refractivity contribution is 7.11. The molecular formula is C13H22N4S. The first-order valence-corrected chi connectivity index (χ1v) is 7.56. The Morgan fingerprint density at radius 3 is 2.89 bits per heavy atom. The Hall–Kier alpha value is -1.10. The maximum absolute atomic E-state index is 4.70. The van der Waals surface area contributed by atoms with E-state index in [4.69, 9.17) is 4.99 Å². The van der Waals surface area contributed by atoms with E-state index in [1.165, 1.54) is 22.7 Å². The van der Waals surface area contributed by atoms with Crippen LogP contribution in [0.15, 0.2) is 11.2 Å². The lowest BCUT2D eigenvalue weighted by Crippen LogP contribution is -2.39. The second kappa shape index (κ2) is 6.73. The van der Waals surface area contributed by atoms with E-state index in [2.05, 4.69) is 29.0 Å². The molecule has 1 N–H and O–H groups in total. The van der Waals surface area contributed by atoms with E-state index in [0.29, 0.717) is 0 Å². The monoisotopic (exact) mass is 266 g/mol. The van der Waals surface area contributed by atoms with Gasteiger partial charge in [-0.05, 0) is 26.7 Å². The topological polar surface area (TPSA) is 40.5 Å². The molecule has 0 radical (unpaired) electrons. The van der Waals surface area contributed by atoms with Crippen molar-refractivity contribution in [2.75, 3.05) is 26.2 Å². The Kier molecular flexibility index (Phi) is 4.99.